The van der Waals surface area contributed by atoms with Crippen LogP contribution >= 0.6 is 0 Å². The van der Waals surface area contributed by atoms with E-state index in [0.29, 0.717) is 24.7 Å². The highest BCUT2D eigenvalue weighted by molar-refractivity contribution is 7.89. The van der Waals surface area contributed by atoms with Crippen molar-refractivity contribution in [3.8, 4) is 5.75 Å². The lowest BCUT2D eigenvalue weighted by molar-refractivity contribution is 0.164. The Morgan fingerprint density at radius 1 is 1.06 bits per heavy atom. The number of likely N-dealkylation sites (N-methyl/N-ethyl adjacent to an activating group) is 1. The second-order valence-corrected chi connectivity index (χ2v) is 10.8. The first-order valence-corrected chi connectivity index (χ1v) is 13.1. The van der Waals surface area contributed by atoms with Gasteiger partial charge in [0.2, 0.25) is 16.0 Å². The summed E-state index contributed by atoms with van der Waals surface area (Å²) >= 11 is 0. The number of piperidine rings is 1. The summed E-state index contributed by atoms with van der Waals surface area (Å²) in [5, 5.41) is 7.41. The fourth-order valence-corrected chi connectivity index (χ4v) is 5.79. The third-order valence-corrected chi connectivity index (χ3v) is 8.24. The van der Waals surface area contributed by atoms with E-state index in [0.717, 1.165) is 55.7 Å². The highest BCUT2D eigenvalue weighted by atomic mass is 32.2. The van der Waals surface area contributed by atoms with Crippen LogP contribution in [-0.4, -0.2) is 80.0 Å². The number of anilines is 2. The van der Waals surface area contributed by atoms with Crippen LogP contribution in [0.3, 0.4) is 0 Å². The van der Waals surface area contributed by atoms with E-state index in [2.05, 4.69) is 20.5 Å². The van der Waals surface area contributed by atoms with Crippen molar-refractivity contribution in [3.05, 3.63) is 48.7 Å². The molecule has 0 unspecified atom stereocenters. The quantitative estimate of drug-likeness (QED) is 0.553. The summed E-state index contributed by atoms with van der Waals surface area (Å²) in [6, 6.07) is 12.7. The van der Waals surface area contributed by atoms with Crippen LogP contribution in [0.5, 0.6) is 5.75 Å². The van der Waals surface area contributed by atoms with Crippen molar-refractivity contribution in [1.29, 1.82) is 0 Å². The maximum absolute atomic E-state index is 13.1. The van der Waals surface area contributed by atoms with Gasteiger partial charge in [-0.15, -0.1) is 0 Å². The predicted octanol–water partition coefficient (Wildman–Crippen LogP) is 2.44. The summed E-state index contributed by atoms with van der Waals surface area (Å²) in [6.45, 7) is 4.33. The number of piperazine rings is 1. The average Bonchev–Trinajstić information content (AvgIpc) is 2.85. The lowest BCUT2D eigenvalue weighted by Gasteiger charge is -2.31. The summed E-state index contributed by atoms with van der Waals surface area (Å²) in [5.74, 6) is 1.13. The number of fused-ring (bicyclic) bond motifs is 1. The smallest absolute Gasteiger partial charge is 0.243 e. The number of hydrogen-bond donors (Lipinski definition) is 2. The Morgan fingerprint density at radius 2 is 1.82 bits per heavy atom. The Balaban J connectivity index is 1.37. The van der Waals surface area contributed by atoms with E-state index in [1.165, 1.54) is 0 Å². The molecule has 34 heavy (non-hydrogen) atoms. The number of hydrogen-bond acceptors (Lipinski definition) is 8. The monoisotopic (exact) mass is 482 g/mol. The van der Waals surface area contributed by atoms with Gasteiger partial charge in [-0.3, -0.25) is 0 Å². The van der Waals surface area contributed by atoms with Gasteiger partial charge in [0.1, 0.15) is 17.4 Å². The van der Waals surface area contributed by atoms with Crippen molar-refractivity contribution in [2.75, 3.05) is 51.6 Å². The van der Waals surface area contributed by atoms with Gasteiger partial charge in [-0.1, -0.05) is 18.2 Å². The molecule has 2 aliphatic heterocycles. The van der Waals surface area contributed by atoms with Crippen molar-refractivity contribution in [2.45, 2.75) is 23.8 Å². The van der Waals surface area contributed by atoms with E-state index in [1.54, 1.807) is 28.7 Å². The average molecular weight is 483 g/mol. The van der Waals surface area contributed by atoms with Gasteiger partial charge < -0.3 is 20.3 Å². The zero-order valence-corrected chi connectivity index (χ0v) is 20.1. The van der Waals surface area contributed by atoms with Crippen molar-refractivity contribution in [2.24, 2.45) is 0 Å². The normalized spacial score (nSPS) is 18.7. The number of nitrogens with one attached hydrogen (secondary N) is 2. The van der Waals surface area contributed by atoms with E-state index >= 15 is 0 Å². The Bertz CT molecular complexity index is 1250. The van der Waals surface area contributed by atoms with Crippen LogP contribution in [0.15, 0.2) is 53.6 Å². The van der Waals surface area contributed by atoms with Crippen molar-refractivity contribution < 1.29 is 13.2 Å². The molecule has 0 saturated carbocycles. The number of ether oxygens (including phenoxy) is 1. The standard InChI is InChI=1S/C24H30N6O3S/c1-29-12-14-30(15-13-29)34(31,32)21-6-3-5-19(16-21)27-24-26-17-18-4-2-7-22(23(18)28-24)33-20-8-10-25-11-9-20/h2-7,16-17,20,25H,8-15H2,1H3,(H,26,27,28). The highest BCUT2D eigenvalue weighted by Crippen LogP contribution is 2.28. The zero-order chi connectivity index (χ0) is 23.5. The summed E-state index contributed by atoms with van der Waals surface area (Å²) < 4.78 is 34.1. The maximum Gasteiger partial charge on any atom is 0.243 e. The molecule has 3 heterocycles. The molecule has 10 heteroatoms. The second-order valence-electron chi connectivity index (χ2n) is 8.81. The molecule has 0 aliphatic carbocycles. The Labute approximate surface area is 200 Å². The molecule has 2 aromatic carbocycles. The van der Waals surface area contributed by atoms with Gasteiger partial charge in [-0.05, 0) is 57.2 Å². The number of nitrogens with zero attached hydrogens (tertiary/aromatic N) is 4. The zero-order valence-electron chi connectivity index (χ0n) is 19.3. The molecule has 2 N–H and O–H groups in total. The van der Waals surface area contributed by atoms with Crippen LogP contribution in [0.4, 0.5) is 11.6 Å². The minimum Gasteiger partial charge on any atom is -0.488 e. The molecule has 0 bridgehead atoms. The van der Waals surface area contributed by atoms with Crippen molar-refractivity contribution in [1.82, 2.24) is 24.5 Å². The molecule has 9 nitrogen and oxygen atoms in total. The number of aromatic nitrogens is 2. The Morgan fingerprint density at radius 3 is 2.62 bits per heavy atom. The van der Waals surface area contributed by atoms with E-state index in [9.17, 15) is 8.42 Å². The van der Waals surface area contributed by atoms with Gasteiger partial charge in [-0.25, -0.2) is 18.4 Å². The lowest BCUT2D eigenvalue weighted by Crippen LogP contribution is -2.47. The van der Waals surface area contributed by atoms with Gasteiger partial charge in [0, 0.05) is 43.4 Å². The summed E-state index contributed by atoms with van der Waals surface area (Å²) in [6.07, 6.45) is 3.84. The minimum atomic E-state index is -3.56. The van der Waals surface area contributed by atoms with Gasteiger partial charge in [-0.2, -0.15) is 4.31 Å². The molecule has 2 fully saturated rings. The minimum absolute atomic E-state index is 0.162. The first-order chi connectivity index (χ1) is 16.5. The van der Waals surface area contributed by atoms with Crippen LogP contribution in [-0.2, 0) is 10.0 Å². The van der Waals surface area contributed by atoms with E-state index in [1.807, 2.05) is 31.3 Å². The maximum atomic E-state index is 13.1. The van der Waals surface area contributed by atoms with E-state index in [4.69, 9.17) is 9.72 Å². The molecule has 0 spiro atoms. The third kappa shape index (κ3) is 5.00. The molecular formula is C24H30N6O3S. The first-order valence-electron chi connectivity index (χ1n) is 11.7. The molecule has 2 saturated heterocycles. The number of benzene rings is 2. The fourth-order valence-electron chi connectivity index (χ4n) is 4.32. The van der Waals surface area contributed by atoms with Crippen LogP contribution in [0, 0.1) is 0 Å². The molecule has 1 aromatic heterocycles. The van der Waals surface area contributed by atoms with Crippen molar-refractivity contribution in [3.63, 3.8) is 0 Å². The molecule has 5 rings (SSSR count). The molecule has 3 aromatic rings. The van der Waals surface area contributed by atoms with Gasteiger partial charge >= 0.3 is 0 Å². The third-order valence-electron chi connectivity index (χ3n) is 6.34. The van der Waals surface area contributed by atoms with Crippen LogP contribution < -0.4 is 15.4 Å². The number of sulfonamides is 1. The fraction of sp³-hybridized carbons (Fsp3) is 0.417. The van der Waals surface area contributed by atoms with E-state index < -0.39 is 10.0 Å². The SMILES string of the molecule is CN1CCN(S(=O)(=O)c2cccc(Nc3ncc4cccc(OC5CCNCC5)c4n3)c2)CC1. The van der Waals surface area contributed by atoms with Crippen LogP contribution in [0.2, 0.25) is 0 Å². The Hall–Kier alpha value is -2.79. The predicted molar refractivity (Wildman–Crippen MR) is 132 cm³/mol. The summed E-state index contributed by atoms with van der Waals surface area (Å²) in [5.41, 5.74) is 1.35. The number of rotatable bonds is 6. The van der Waals surface area contributed by atoms with Crippen LogP contribution in [0.1, 0.15) is 12.8 Å². The lowest BCUT2D eigenvalue weighted by atomic mass is 10.1. The largest absolute Gasteiger partial charge is 0.488 e. The molecule has 0 atom stereocenters. The molecule has 0 radical (unpaired) electrons. The van der Waals surface area contributed by atoms with Gasteiger partial charge in [0.15, 0.2) is 0 Å². The molecule has 0 amide bonds. The number of para-hydroxylation sites is 1. The molecular weight excluding hydrogens is 452 g/mol. The second kappa shape index (κ2) is 9.83. The van der Waals surface area contributed by atoms with E-state index in [-0.39, 0.29) is 11.0 Å². The molecule has 2 aliphatic rings. The van der Waals surface area contributed by atoms with Crippen LogP contribution in [0.25, 0.3) is 10.9 Å². The Kier molecular flexibility index (Phi) is 6.64. The molecule has 180 valence electrons. The first kappa shape index (κ1) is 23.0. The van der Waals surface area contributed by atoms with Gasteiger partial charge in [0.25, 0.3) is 0 Å². The highest BCUT2D eigenvalue weighted by Gasteiger charge is 2.27. The topological polar surface area (TPSA) is 99.7 Å². The summed E-state index contributed by atoms with van der Waals surface area (Å²) in [4.78, 5) is 11.5. The van der Waals surface area contributed by atoms with Crippen molar-refractivity contribution >= 4 is 32.6 Å². The van der Waals surface area contributed by atoms with Gasteiger partial charge in [0.05, 0.1) is 4.90 Å². The summed E-state index contributed by atoms with van der Waals surface area (Å²) in [7, 11) is -1.56.